The van der Waals surface area contributed by atoms with Gasteiger partial charge in [-0.1, -0.05) is 41.9 Å². The van der Waals surface area contributed by atoms with E-state index in [0.717, 1.165) is 0 Å². The van der Waals surface area contributed by atoms with Crippen LogP contribution in [0.3, 0.4) is 0 Å². The van der Waals surface area contributed by atoms with Gasteiger partial charge in [0.1, 0.15) is 5.75 Å². The molecule has 6 nitrogen and oxygen atoms in total. The monoisotopic (exact) mass is 436 g/mol. The highest BCUT2D eigenvalue weighted by atomic mass is 35.5. The number of hydrogen-bond donors (Lipinski definition) is 1. The van der Waals surface area contributed by atoms with Crippen molar-refractivity contribution in [1.82, 2.24) is 0 Å². The van der Waals surface area contributed by atoms with E-state index < -0.39 is 17.4 Å². The number of anilines is 2. The Morgan fingerprint density at radius 1 is 1.03 bits per heavy atom. The number of esters is 1. The molecule has 0 fully saturated rings. The fourth-order valence-electron chi connectivity index (χ4n) is 3.92. The van der Waals surface area contributed by atoms with Crippen LogP contribution in [0.2, 0.25) is 5.02 Å². The zero-order chi connectivity index (χ0) is 22.2. The van der Waals surface area contributed by atoms with Crippen LogP contribution >= 0.6 is 11.6 Å². The van der Waals surface area contributed by atoms with Crippen LogP contribution in [0.5, 0.6) is 5.75 Å². The van der Waals surface area contributed by atoms with Gasteiger partial charge in [0, 0.05) is 16.1 Å². The van der Waals surface area contributed by atoms with E-state index in [0.29, 0.717) is 39.9 Å². The zero-order valence-corrected chi connectivity index (χ0v) is 17.8. The third kappa shape index (κ3) is 3.24. The van der Waals surface area contributed by atoms with Crippen molar-refractivity contribution in [3.05, 3.63) is 88.4 Å². The standard InChI is InChI=1S/C24H21ClN2O4/c1-3-31-15-12-13-21-18(14-15)24(26,17-9-5-6-10-19(17)25)23(29)27(21)20-11-7-4-8-16(20)22(28)30-2/h4-14H,3,26H2,1-2H3. The Morgan fingerprint density at radius 3 is 2.45 bits per heavy atom. The first-order chi connectivity index (χ1) is 14.9. The van der Waals surface area contributed by atoms with Crippen molar-refractivity contribution in [2.75, 3.05) is 18.6 Å². The van der Waals surface area contributed by atoms with Crippen LogP contribution < -0.4 is 15.4 Å². The van der Waals surface area contributed by atoms with Gasteiger partial charge in [-0.25, -0.2) is 4.79 Å². The summed E-state index contributed by atoms with van der Waals surface area (Å²) in [6.45, 7) is 2.34. The second-order valence-electron chi connectivity index (χ2n) is 7.05. The van der Waals surface area contributed by atoms with Gasteiger partial charge in [-0.2, -0.15) is 0 Å². The minimum Gasteiger partial charge on any atom is -0.494 e. The molecule has 0 bridgehead atoms. The van der Waals surface area contributed by atoms with Crippen LogP contribution in [0.1, 0.15) is 28.4 Å². The number of hydrogen-bond acceptors (Lipinski definition) is 5. The van der Waals surface area contributed by atoms with Crippen LogP contribution in [0.15, 0.2) is 66.7 Å². The average Bonchev–Trinajstić information content (AvgIpc) is 3.01. The van der Waals surface area contributed by atoms with Crippen molar-refractivity contribution < 1.29 is 19.1 Å². The van der Waals surface area contributed by atoms with E-state index in [1.165, 1.54) is 12.0 Å². The number of carbonyl (C=O) groups is 2. The van der Waals surface area contributed by atoms with E-state index in [2.05, 4.69) is 0 Å². The Labute approximate surface area is 185 Å². The third-order valence-corrected chi connectivity index (χ3v) is 5.66. The molecule has 1 amide bonds. The lowest BCUT2D eigenvalue weighted by Crippen LogP contribution is -2.47. The molecule has 0 aromatic heterocycles. The summed E-state index contributed by atoms with van der Waals surface area (Å²) >= 11 is 6.47. The molecule has 0 spiro atoms. The van der Waals surface area contributed by atoms with Gasteiger partial charge < -0.3 is 15.2 Å². The predicted molar refractivity (Wildman–Crippen MR) is 119 cm³/mol. The summed E-state index contributed by atoms with van der Waals surface area (Å²) in [5.41, 5.74) is 7.46. The van der Waals surface area contributed by atoms with Gasteiger partial charge in [0.2, 0.25) is 0 Å². The highest BCUT2D eigenvalue weighted by molar-refractivity contribution is 6.32. The van der Waals surface area contributed by atoms with Gasteiger partial charge in [-0.3, -0.25) is 9.69 Å². The van der Waals surface area contributed by atoms with E-state index in [-0.39, 0.29) is 5.56 Å². The van der Waals surface area contributed by atoms with Crippen molar-refractivity contribution in [2.45, 2.75) is 12.5 Å². The molecule has 1 heterocycles. The summed E-state index contributed by atoms with van der Waals surface area (Å²) in [5.74, 6) is -0.400. The second-order valence-corrected chi connectivity index (χ2v) is 7.46. The summed E-state index contributed by atoms with van der Waals surface area (Å²) in [6, 6.07) is 19.0. The molecule has 1 aliphatic heterocycles. The third-order valence-electron chi connectivity index (χ3n) is 5.33. The molecule has 3 aromatic rings. The number of amides is 1. The van der Waals surface area contributed by atoms with Crippen LogP contribution in [-0.4, -0.2) is 25.6 Å². The van der Waals surface area contributed by atoms with E-state index in [1.807, 2.05) is 6.92 Å². The molecule has 7 heteroatoms. The number of para-hydroxylation sites is 1. The van der Waals surface area contributed by atoms with Gasteiger partial charge in [0.15, 0.2) is 5.54 Å². The summed E-state index contributed by atoms with van der Waals surface area (Å²) in [4.78, 5) is 27.8. The molecule has 31 heavy (non-hydrogen) atoms. The van der Waals surface area contributed by atoms with Crippen molar-refractivity contribution >= 4 is 34.9 Å². The normalized spacial score (nSPS) is 17.4. The zero-order valence-electron chi connectivity index (χ0n) is 17.1. The SMILES string of the molecule is CCOc1ccc2c(c1)C(N)(c1ccccc1Cl)C(=O)N2c1ccccc1C(=O)OC. The predicted octanol–water partition coefficient (Wildman–Crippen LogP) is 4.41. The highest BCUT2D eigenvalue weighted by Crippen LogP contribution is 2.49. The first kappa shape index (κ1) is 20.9. The summed E-state index contributed by atoms with van der Waals surface area (Å²) in [6.07, 6.45) is 0. The molecule has 0 aliphatic carbocycles. The van der Waals surface area contributed by atoms with E-state index in [1.54, 1.807) is 66.7 Å². The first-order valence-electron chi connectivity index (χ1n) is 9.76. The van der Waals surface area contributed by atoms with Crippen LogP contribution in [0.25, 0.3) is 0 Å². The van der Waals surface area contributed by atoms with Crippen molar-refractivity contribution in [1.29, 1.82) is 0 Å². The lowest BCUT2D eigenvalue weighted by atomic mass is 9.84. The number of nitrogens with two attached hydrogens (primary N) is 1. The topological polar surface area (TPSA) is 81.9 Å². The van der Waals surface area contributed by atoms with Crippen molar-refractivity contribution in [2.24, 2.45) is 5.73 Å². The van der Waals surface area contributed by atoms with Crippen LogP contribution in [0, 0.1) is 0 Å². The van der Waals surface area contributed by atoms with E-state index >= 15 is 0 Å². The molecular formula is C24H21ClN2O4. The molecule has 1 atom stereocenters. The largest absolute Gasteiger partial charge is 0.494 e. The minimum atomic E-state index is -1.57. The van der Waals surface area contributed by atoms with Gasteiger partial charge in [-0.05, 0) is 43.3 Å². The number of methoxy groups -OCH3 is 1. The molecule has 0 saturated heterocycles. The maximum atomic E-state index is 13.9. The fraction of sp³-hybridized carbons (Fsp3) is 0.167. The molecule has 0 saturated carbocycles. The van der Waals surface area contributed by atoms with Crippen molar-refractivity contribution in [3.8, 4) is 5.75 Å². The Balaban J connectivity index is 1.99. The van der Waals surface area contributed by atoms with Gasteiger partial charge in [0.05, 0.1) is 30.7 Å². The quantitative estimate of drug-likeness (QED) is 0.599. The molecule has 158 valence electrons. The van der Waals surface area contributed by atoms with Gasteiger partial charge in [-0.15, -0.1) is 0 Å². The number of carbonyl (C=O) groups excluding carboxylic acids is 2. The van der Waals surface area contributed by atoms with E-state index in [4.69, 9.17) is 26.8 Å². The Kier molecular flexibility index (Phi) is 5.43. The molecule has 1 aliphatic rings. The Morgan fingerprint density at radius 2 is 1.74 bits per heavy atom. The van der Waals surface area contributed by atoms with Gasteiger partial charge >= 0.3 is 5.97 Å². The number of fused-ring (bicyclic) bond motifs is 1. The molecule has 0 radical (unpaired) electrons. The maximum absolute atomic E-state index is 13.9. The molecular weight excluding hydrogens is 416 g/mol. The Hall–Kier alpha value is -3.35. The Bertz CT molecular complexity index is 1180. The van der Waals surface area contributed by atoms with Crippen molar-refractivity contribution in [3.63, 3.8) is 0 Å². The average molecular weight is 437 g/mol. The number of nitrogens with zero attached hydrogens (tertiary/aromatic N) is 1. The first-order valence-corrected chi connectivity index (χ1v) is 10.1. The second kappa shape index (κ2) is 8.06. The molecule has 4 rings (SSSR count). The number of halogens is 1. The summed E-state index contributed by atoms with van der Waals surface area (Å²) < 4.78 is 10.6. The van der Waals surface area contributed by atoms with Crippen LogP contribution in [-0.2, 0) is 15.1 Å². The maximum Gasteiger partial charge on any atom is 0.339 e. The summed E-state index contributed by atoms with van der Waals surface area (Å²) in [5, 5.41) is 0.370. The highest BCUT2D eigenvalue weighted by Gasteiger charge is 2.51. The number of ether oxygens (including phenoxy) is 2. The molecule has 2 N–H and O–H groups in total. The number of rotatable bonds is 5. The van der Waals surface area contributed by atoms with Gasteiger partial charge in [0.25, 0.3) is 5.91 Å². The lowest BCUT2D eigenvalue weighted by molar-refractivity contribution is -0.121. The smallest absolute Gasteiger partial charge is 0.339 e. The molecule has 1 unspecified atom stereocenters. The fourth-order valence-corrected chi connectivity index (χ4v) is 4.20. The number of benzene rings is 3. The minimum absolute atomic E-state index is 0.251. The summed E-state index contributed by atoms with van der Waals surface area (Å²) in [7, 11) is 1.30. The van der Waals surface area contributed by atoms with E-state index in [9.17, 15) is 9.59 Å². The molecule has 3 aromatic carbocycles. The lowest BCUT2D eigenvalue weighted by Gasteiger charge is -2.26. The van der Waals surface area contributed by atoms with Crippen LogP contribution in [0.4, 0.5) is 11.4 Å².